The zero-order chi connectivity index (χ0) is 21.2. The Morgan fingerprint density at radius 1 is 0.964 bits per heavy atom. The summed E-state index contributed by atoms with van der Waals surface area (Å²) in [6, 6.07) is 6.98. The Hall–Kier alpha value is -2.81. The monoisotopic (exact) mass is 393 g/mol. The Balaban J connectivity index is 2.60. The molecule has 0 heterocycles. The zero-order valence-corrected chi connectivity index (χ0v) is 16.7. The van der Waals surface area contributed by atoms with Crippen molar-refractivity contribution < 1.29 is 19.1 Å². The molecular weight excluding hydrogens is 362 g/mol. The molecule has 3 amide bonds. The predicted octanol–water partition coefficient (Wildman–Crippen LogP) is 0.143. The first-order valence-electron chi connectivity index (χ1n) is 9.19. The molecule has 0 spiro atoms. The lowest BCUT2D eigenvalue weighted by atomic mass is 9.97. The molecule has 1 rings (SSSR count). The number of benzene rings is 1. The van der Waals surface area contributed by atoms with E-state index in [-0.39, 0.29) is 32.6 Å². The van der Waals surface area contributed by atoms with Gasteiger partial charge in [-0.05, 0) is 44.9 Å². The molecule has 156 valence electrons. The van der Waals surface area contributed by atoms with Gasteiger partial charge in [0.25, 0.3) is 0 Å². The number of carbonyl (C=O) groups excluding carboxylic acids is 3. The van der Waals surface area contributed by atoms with Crippen LogP contribution in [0.3, 0.4) is 0 Å². The molecule has 0 bridgehead atoms. The van der Waals surface area contributed by atoms with Crippen molar-refractivity contribution in [3.05, 3.63) is 29.8 Å². The van der Waals surface area contributed by atoms with Crippen molar-refractivity contribution in [3.8, 4) is 0 Å². The van der Waals surface area contributed by atoms with E-state index in [1.165, 1.54) is 0 Å². The molecule has 1 atom stereocenters. The number of anilines is 1. The van der Waals surface area contributed by atoms with E-state index < -0.39 is 29.4 Å². The van der Waals surface area contributed by atoms with Gasteiger partial charge in [0.1, 0.15) is 11.5 Å². The Labute approximate surface area is 165 Å². The summed E-state index contributed by atoms with van der Waals surface area (Å²) >= 11 is 0. The summed E-state index contributed by atoms with van der Waals surface area (Å²) in [5.74, 6) is -1.76. The van der Waals surface area contributed by atoms with E-state index in [0.717, 1.165) is 5.56 Å². The first-order valence-corrected chi connectivity index (χ1v) is 9.19. The van der Waals surface area contributed by atoms with E-state index in [0.29, 0.717) is 5.69 Å². The normalized spacial score (nSPS) is 12.0. The maximum Gasteiger partial charge on any atom is 0.407 e. The summed E-state index contributed by atoms with van der Waals surface area (Å²) in [6.07, 6.45) is -0.344. The number of nitrogens with two attached hydrogens (primary N) is 2. The summed E-state index contributed by atoms with van der Waals surface area (Å²) in [6.45, 7) is 6.19. The number of amides is 3. The lowest BCUT2D eigenvalue weighted by molar-refractivity contribution is -0.135. The van der Waals surface area contributed by atoms with Crippen LogP contribution in [0.1, 0.15) is 26.3 Å². The highest BCUT2D eigenvalue weighted by molar-refractivity contribution is 6.00. The van der Waals surface area contributed by atoms with Gasteiger partial charge in [-0.3, -0.25) is 9.59 Å². The zero-order valence-electron chi connectivity index (χ0n) is 16.7. The van der Waals surface area contributed by atoms with Crippen LogP contribution in [-0.4, -0.2) is 49.7 Å². The second kappa shape index (κ2) is 11.1. The number of carbonyl (C=O) groups is 3. The van der Waals surface area contributed by atoms with Gasteiger partial charge in [-0.25, -0.2) is 4.79 Å². The van der Waals surface area contributed by atoms with Gasteiger partial charge in [0.05, 0.1) is 0 Å². The number of alkyl carbamates (subject to hydrolysis) is 1. The third-order valence-electron chi connectivity index (χ3n) is 3.59. The number of nitrogen functional groups attached to an aromatic ring is 1. The largest absolute Gasteiger partial charge is 0.444 e. The van der Waals surface area contributed by atoms with E-state index in [2.05, 4.69) is 16.0 Å². The van der Waals surface area contributed by atoms with Crippen molar-refractivity contribution in [2.45, 2.75) is 32.8 Å². The Bertz CT molecular complexity index is 655. The van der Waals surface area contributed by atoms with E-state index in [1.807, 2.05) is 0 Å². The van der Waals surface area contributed by atoms with Gasteiger partial charge in [-0.15, -0.1) is 0 Å². The summed E-state index contributed by atoms with van der Waals surface area (Å²) in [4.78, 5) is 36.5. The summed E-state index contributed by atoms with van der Waals surface area (Å²) < 4.78 is 5.11. The van der Waals surface area contributed by atoms with Crippen molar-refractivity contribution in [2.24, 2.45) is 11.7 Å². The molecule has 0 fully saturated rings. The van der Waals surface area contributed by atoms with Crippen LogP contribution >= 0.6 is 0 Å². The molecule has 1 unspecified atom stereocenters. The Morgan fingerprint density at radius 3 is 2.04 bits per heavy atom. The molecule has 9 nitrogen and oxygen atoms in total. The van der Waals surface area contributed by atoms with Crippen LogP contribution in [0.2, 0.25) is 0 Å². The van der Waals surface area contributed by atoms with Gasteiger partial charge in [-0.1, -0.05) is 12.1 Å². The van der Waals surface area contributed by atoms with E-state index >= 15 is 0 Å². The quantitative estimate of drug-likeness (QED) is 0.229. The van der Waals surface area contributed by atoms with Crippen LogP contribution in [0.15, 0.2) is 24.3 Å². The molecular formula is C19H31N5O4. The summed E-state index contributed by atoms with van der Waals surface area (Å²) in [5.41, 5.74) is 11.9. The molecule has 0 saturated carbocycles. The highest BCUT2D eigenvalue weighted by atomic mass is 16.6. The maximum atomic E-state index is 12.5. The van der Waals surface area contributed by atoms with Gasteiger partial charge < -0.3 is 32.2 Å². The van der Waals surface area contributed by atoms with Gasteiger partial charge in [0, 0.05) is 31.9 Å². The molecule has 7 N–H and O–H groups in total. The second-order valence-corrected chi connectivity index (χ2v) is 7.30. The predicted molar refractivity (Wildman–Crippen MR) is 107 cm³/mol. The minimum Gasteiger partial charge on any atom is -0.444 e. The Morgan fingerprint density at radius 2 is 1.50 bits per heavy atom. The molecule has 0 aliphatic rings. The number of nitrogens with one attached hydrogen (secondary N) is 3. The van der Waals surface area contributed by atoms with Crippen molar-refractivity contribution >= 4 is 23.6 Å². The van der Waals surface area contributed by atoms with Crippen LogP contribution in [0.4, 0.5) is 10.5 Å². The third kappa shape index (κ3) is 9.22. The second-order valence-electron chi connectivity index (χ2n) is 7.30. The SMILES string of the molecule is CC(C)(C)OC(=O)NCCNC(=O)C(Cc1ccc(N)cc1)C(=O)NCCN. The molecule has 1 aromatic carbocycles. The topological polar surface area (TPSA) is 149 Å². The smallest absolute Gasteiger partial charge is 0.407 e. The Kier molecular flexibility index (Phi) is 9.23. The fraction of sp³-hybridized carbons (Fsp3) is 0.526. The van der Waals surface area contributed by atoms with Crippen molar-refractivity contribution in [3.63, 3.8) is 0 Å². The number of hydrogen-bond acceptors (Lipinski definition) is 6. The highest BCUT2D eigenvalue weighted by Crippen LogP contribution is 2.12. The maximum absolute atomic E-state index is 12.5. The first kappa shape index (κ1) is 23.2. The van der Waals surface area contributed by atoms with Crippen molar-refractivity contribution in [1.82, 2.24) is 16.0 Å². The van der Waals surface area contributed by atoms with Crippen LogP contribution in [0.5, 0.6) is 0 Å². The fourth-order valence-electron chi connectivity index (χ4n) is 2.30. The molecule has 9 heteroatoms. The minimum absolute atomic E-state index is 0.167. The molecule has 0 aliphatic heterocycles. The first-order chi connectivity index (χ1) is 13.1. The van der Waals surface area contributed by atoms with E-state index in [4.69, 9.17) is 16.2 Å². The van der Waals surface area contributed by atoms with Crippen LogP contribution in [0.25, 0.3) is 0 Å². The lowest BCUT2D eigenvalue weighted by Gasteiger charge is -2.20. The fourth-order valence-corrected chi connectivity index (χ4v) is 2.30. The number of ether oxygens (including phenoxy) is 1. The van der Waals surface area contributed by atoms with Crippen LogP contribution in [0, 0.1) is 5.92 Å². The summed E-state index contributed by atoms with van der Waals surface area (Å²) in [7, 11) is 0. The van der Waals surface area contributed by atoms with Gasteiger partial charge in [0.15, 0.2) is 0 Å². The minimum atomic E-state index is -0.920. The van der Waals surface area contributed by atoms with Gasteiger partial charge in [-0.2, -0.15) is 0 Å². The highest BCUT2D eigenvalue weighted by Gasteiger charge is 2.26. The summed E-state index contributed by atoms with van der Waals surface area (Å²) in [5, 5.41) is 7.85. The van der Waals surface area contributed by atoms with Crippen LogP contribution in [-0.2, 0) is 20.7 Å². The van der Waals surface area contributed by atoms with Gasteiger partial charge >= 0.3 is 6.09 Å². The molecule has 0 radical (unpaired) electrons. The molecule has 28 heavy (non-hydrogen) atoms. The van der Waals surface area contributed by atoms with E-state index in [1.54, 1.807) is 45.0 Å². The molecule has 0 aromatic heterocycles. The lowest BCUT2D eigenvalue weighted by Crippen LogP contribution is -2.45. The van der Waals surface area contributed by atoms with Gasteiger partial charge in [0.2, 0.25) is 11.8 Å². The van der Waals surface area contributed by atoms with E-state index in [9.17, 15) is 14.4 Å². The number of hydrogen-bond donors (Lipinski definition) is 5. The van der Waals surface area contributed by atoms with Crippen molar-refractivity contribution in [2.75, 3.05) is 31.9 Å². The molecule has 0 saturated heterocycles. The molecule has 1 aromatic rings. The third-order valence-corrected chi connectivity index (χ3v) is 3.59. The van der Waals surface area contributed by atoms with Crippen LogP contribution < -0.4 is 27.4 Å². The number of rotatable bonds is 9. The average Bonchev–Trinajstić information content (AvgIpc) is 2.61. The van der Waals surface area contributed by atoms with Crippen molar-refractivity contribution in [1.29, 1.82) is 0 Å². The standard InChI is InChI=1S/C19H31N5O4/c1-19(2,3)28-18(27)24-11-10-23-17(26)15(16(25)22-9-8-20)12-13-4-6-14(21)7-5-13/h4-7,15H,8-12,20-21H2,1-3H3,(H,22,25)(H,23,26)(H,24,27). The molecule has 0 aliphatic carbocycles. The average molecular weight is 393 g/mol.